The third-order valence-corrected chi connectivity index (χ3v) is 7.03. The van der Waals surface area contributed by atoms with Crippen molar-refractivity contribution >= 4 is 44.1 Å². The first-order chi connectivity index (χ1) is 16.8. The van der Waals surface area contributed by atoms with Crippen LogP contribution in [-0.2, 0) is 9.59 Å². The van der Waals surface area contributed by atoms with E-state index < -0.39 is 29.3 Å². The van der Waals surface area contributed by atoms with E-state index in [-0.39, 0.29) is 16.3 Å². The van der Waals surface area contributed by atoms with Crippen molar-refractivity contribution in [1.29, 1.82) is 0 Å². The van der Waals surface area contributed by atoms with E-state index in [1.54, 1.807) is 30.3 Å². The van der Waals surface area contributed by atoms with Crippen molar-refractivity contribution in [2.24, 2.45) is 0 Å². The summed E-state index contributed by atoms with van der Waals surface area (Å²) in [5.41, 5.74) is 2.88. The van der Waals surface area contributed by atoms with Crippen LogP contribution in [0.1, 0.15) is 28.3 Å². The summed E-state index contributed by atoms with van der Waals surface area (Å²) in [5.74, 6) is -2.21. The lowest BCUT2D eigenvalue weighted by molar-refractivity contribution is -0.132. The van der Waals surface area contributed by atoms with Gasteiger partial charge < -0.3 is 9.84 Å². The lowest BCUT2D eigenvalue weighted by Gasteiger charge is -2.23. The van der Waals surface area contributed by atoms with Crippen LogP contribution in [-0.4, -0.2) is 28.9 Å². The zero-order valence-electron chi connectivity index (χ0n) is 19.2. The number of methoxy groups -OCH3 is 1. The predicted molar refractivity (Wildman–Crippen MR) is 133 cm³/mol. The molecule has 8 heteroatoms. The predicted octanol–water partition coefficient (Wildman–Crippen LogP) is 5.69. The van der Waals surface area contributed by atoms with Gasteiger partial charge in [-0.3, -0.25) is 14.5 Å². The highest BCUT2D eigenvalue weighted by Gasteiger charge is 2.49. The molecule has 1 saturated heterocycles. The second-order valence-corrected chi connectivity index (χ2v) is 9.35. The van der Waals surface area contributed by atoms with Crippen LogP contribution < -0.4 is 9.64 Å². The molecule has 0 saturated carbocycles. The maximum absolute atomic E-state index is 15.1. The number of aliphatic hydroxyl groups excluding tert-OH is 1. The zero-order chi connectivity index (χ0) is 24.9. The molecule has 4 aromatic rings. The molecule has 0 unspecified atom stereocenters. The fourth-order valence-corrected chi connectivity index (χ4v) is 5.56. The van der Waals surface area contributed by atoms with Crippen LogP contribution in [0, 0.1) is 19.7 Å². The van der Waals surface area contributed by atoms with Gasteiger partial charge in [-0.05, 0) is 61.4 Å². The first-order valence-electron chi connectivity index (χ1n) is 10.9. The third-order valence-electron chi connectivity index (χ3n) is 6.03. The SMILES string of the molecule is COc1ccc(/C(O)=C2\C(=O)C(=O)N(c3nc4c(C)cc(C)cc4s3)[C@@H]2c2ccccc2F)cc1. The summed E-state index contributed by atoms with van der Waals surface area (Å²) >= 11 is 1.25. The summed E-state index contributed by atoms with van der Waals surface area (Å²) in [6, 6.07) is 15.1. The number of halogens is 1. The molecule has 0 bridgehead atoms. The third kappa shape index (κ3) is 3.76. The Morgan fingerprint density at radius 1 is 1.09 bits per heavy atom. The monoisotopic (exact) mass is 488 g/mol. The van der Waals surface area contributed by atoms with Gasteiger partial charge in [-0.1, -0.05) is 35.6 Å². The van der Waals surface area contributed by atoms with Crippen LogP contribution in [0.3, 0.4) is 0 Å². The van der Waals surface area contributed by atoms with Crippen LogP contribution in [0.5, 0.6) is 5.75 Å². The minimum Gasteiger partial charge on any atom is -0.507 e. The van der Waals surface area contributed by atoms with Crippen molar-refractivity contribution in [3.05, 3.63) is 94.3 Å². The molecule has 1 fully saturated rings. The van der Waals surface area contributed by atoms with E-state index >= 15 is 4.39 Å². The van der Waals surface area contributed by atoms with E-state index in [4.69, 9.17) is 4.74 Å². The molecule has 5 rings (SSSR count). The number of hydrogen-bond acceptors (Lipinski definition) is 6. The van der Waals surface area contributed by atoms with Gasteiger partial charge in [-0.15, -0.1) is 0 Å². The molecule has 0 aliphatic carbocycles. The molecule has 6 nitrogen and oxygen atoms in total. The Labute approximate surface area is 204 Å². The first-order valence-corrected chi connectivity index (χ1v) is 11.7. The molecule has 1 aromatic heterocycles. The summed E-state index contributed by atoms with van der Waals surface area (Å²) in [5, 5.41) is 11.4. The number of rotatable bonds is 4. The van der Waals surface area contributed by atoms with Crippen LogP contribution >= 0.6 is 11.3 Å². The van der Waals surface area contributed by atoms with E-state index in [0.717, 1.165) is 15.8 Å². The van der Waals surface area contributed by atoms with E-state index in [9.17, 15) is 14.7 Å². The number of aryl methyl sites for hydroxylation is 2. The standard InChI is InChI=1S/C27H21FN2O4S/c1-14-12-15(2)22-20(13-14)35-27(29-22)30-23(18-6-4-5-7-19(18)28)21(25(32)26(30)33)24(31)16-8-10-17(34-3)11-9-16/h4-13,23,31H,1-3H3/b24-21+/t23-/m1/s1. The number of aromatic nitrogens is 1. The zero-order valence-corrected chi connectivity index (χ0v) is 20.0. The summed E-state index contributed by atoms with van der Waals surface area (Å²) < 4.78 is 21.1. The molecular formula is C27H21FN2O4S. The Morgan fingerprint density at radius 2 is 1.80 bits per heavy atom. The summed E-state index contributed by atoms with van der Waals surface area (Å²) in [4.78, 5) is 32.4. The molecular weight excluding hydrogens is 467 g/mol. The van der Waals surface area contributed by atoms with Gasteiger partial charge in [0.05, 0.1) is 22.9 Å². The highest BCUT2D eigenvalue weighted by atomic mass is 32.1. The average molecular weight is 489 g/mol. The Kier molecular flexibility index (Phi) is 5.61. The largest absolute Gasteiger partial charge is 0.507 e. The van der Waals surface area contributed by atoms with Gasteiger partial charge in [0.1, 0.15) is 23.4 Å². The molecule has 1 aliphatic heterocycles. The van der Waals surface area contributed by atoms with Crippen LogP contribution in [0.25, 0.3) is 16.0 Å². The lowest BCUT2D eigenvalue weighted by Crippen LogP contribution is -2.29. The van der Waals surface area contributed by atoms with Crippen molar-refractivity contribution in [2.45, 2.75) is 19.9 Å². The molecule has 1 atom stereocenters. The maximum atomic E-state index is 15.1. The molecule has 1 amide bonds. The fraction of sp³-hybridized carbons (Fsp3) is 0.148. The highest BCUT2D eigenvalue weighted by molar-refractivity contribution is 7.22. The van der Waals surface area contributed by atoms with Crippen molar-refractivity contribution in [3.8, 4) is 5.75 Å². The summed E-state index contributed by atoms with van der Waals surface area (Å²) in [6.45, 7) is 3.89. The second-order valence-electron chi connectivity index (χ2n) is 8.34. The molecule has 176 valence electrons. The molecule has 0 radical (unpaired) electrons. The molecule has 2 heterocycles. The number of benzene rings is 3. The number of Topliss-reactive ketones (excluding diaryl/α,β-unsaturated/α-hetero) is 1. The quantitative estimate of drug-likeness (QED) is 0.227. The number of fused-ring (bicyclic) bond motifs is 1. The van der Waals surface area contributed by atoms with Gasteiger partial charge >= 0.3 is 5.91 Å². The van der Waals surface area contributed by atoms with Crippen LogP contribution in [0.2, 0.25) is 0 Å². The number of carbonyl (C=O) groups excluding carboxylic acids is 2. The van der Waals surface area contributed by atoms with Crippen molar-refractivity contribution in [1.82, 2.24) is 4.98 Å². The number of hydrogen-bond donors (Lipinski definition) is 1. The molecule has 0 spiro atoms. The number of nitrogens with zero attached hydrogens (tertiary/aromatic N) is 2. The number of aliphatic hydroxyl groups is 1. The lowest BCUT2D eigenvalue weighted by atomic mass is 9.95. The minimum atomic E-state index is -1.18. The smallest absolute Gasteiger partial charge is 0.301 e. The van der Waals surface area contributed by atoms with Gasteiger partial charge in [-0.2, -0.15) is 0 Å². The van der Waals surface area contributed by atoms with Gasteiger partial charge in [0.15, 0.2) is 5.13 Å². The topological polar surface area (TPSA) is 79.7 Å². The summed E-state index contributed by atoms with van der Waals surface area (Å²) in [7, 11) is 1.51. The van der Waals surface area contributed by atoms with Gasteiger partial charge in [0.25, 0.3) is 5.78 Å². The van der Waals surface area contributed by atoms with Crippen LogP contribution in [0.15, 0.2) is 66.2 Å². The number of amides is 1. The summed E-state index contributed by atoms with van der Waals surface area (Å²) in [6.07, 6.45) is 0. The number of ketones is 1. The Balaban J connectivity index is 1.74. The van der Waals surface area contributed by atoms with Gasteiger partial charge in [-0.25, -0.2) is 9.37 Å². The normalized spacial score (nSPS) is 17.4. The van der Waals surface area contributed by atoms with Crippen molar-refractivity contribution in [2.75, 3.05) is 12.0 Å². The van der Waals surface area contributed by atoms with Crippen molar-refractivity contribution < 1.29 is 23.8 Å². The highest BCUT2D eigenvalue weighted by Crippen LogP contribution is 2.45. The first kappa shape index (κ1) is 22.7. The average Bonchev–Trinajstić information content (AvgIpc) is 3.37. The molecule has 1 N–H and O–H groups in total. The van der Waals surface area contributed by atoms with Gasteiger partial charge in [0.2, 0.25) is 0 Å². The van der Waals surface area contributed by atoms with Gasteiger partial charge in [0, 0.05) is 11.1 Å². The molecule has 35 heavy (non-hydrogen) atoms. The fourth-order valence-electron chi connectivity index (χ4n) is 4.39. The molecule has 3 aromatic carbocycles. The number of carbonyl (C=O) groups is 2. The second kappa shape index (κ2) is 8.63. The van der Waals surface area contributed by atoms with Crippen LogP contribution in [0.4, 0.5) is 9.52 Å². The number of anilines is 1. The maximum Gasteiger partial charge on any atom is 0.301 e. The van der Waals surface area contributed by atoms with Crippen molar-refractivity contribution in [3.63, 3.8) is 0 Å². The van der Waals surface area contributed by atoms with E-state index in [1.807, 2.05) is 26.0 Å². The van der Waals surface area contributed by atoms with E-state index in [1.165, 1.54) is 41.5 Å². The Bertz CT molecular complexity index is 1520. The Morgan fingerprint density at radius 3 is 2.49 bits per heavy atom. The molecule has 1 aliphatic rings. The number of ether oxygens (including phenoxy) is 1. The van der Waals surface area contributed by atoms with E-state index in [2.05, 4.69) is 4.98 Å². The minimum absolute atomic E-state index is 0.0916. The van der Waals surface area contributed by atoms with E-state index in [0.29, 0.717) is 16.8 Å². The Hall–Kier alpha value is -4.04. The number of thiazole rings is 1.